The van der Waals surface area contributed by atoms with E-state index < -0.39 is 0 Å². The Labute approximate surface area is 208 Å². The maximum atomic E-state index is 5.41. The number of rotatable bonds is 3. The lowest BCUT2D eigenvalue weighted by Crippen LogP contribution is -1.93. The summed E-state index contributed by atoms with van der Waals surface area (Å²) in [6, 6.07) is 36.3. The van der Waals surface area contributed by atoms with E-state index in [1.54, 1.807) is 7.11 Å². The zero-order chi connectivity index (χ0) is 24.1. The predicted octanol–water partition coefficient (Wildman–Crippen LogP) is 8.43. The monoisotopic (exact) mass is 462 g/mol. The van der Waals surface area contributed by atoms with E-state index in [1.165, 1.54) is 43.6 Å². The molecule has 0 aliphatic heterocycles. The van der Waals surface area contributed by atoms with Crippen LogP contribution in [0.5, 0.6) is 5.75 Å². The molecule has 0 aliphatic rings. The maximum Gasteiger partial charge on any atom is 0.159 e. The van der Waals surface area contributed by atoms with Crippen LogP contribution in [0, 0.1) is 0 Å². The Morgan fingerprint density at radius 3 is 1.64 bits per heavy atom. The molecule has 2 aromatic heterocycles. The average molecular weight is 463 g/mol. The molecule has 170 valence electrons. The van der Waals surface area contributed by atoms with Crippen LogP contribution < -0.4 is 4.74 Å². The standard InChI is InChI=1S/C33H22N2O/c1-36-24-16-14-21(15-17-24)31-26-10-4-6-12-28(26)32(29-13-7-5-11-27(29)31)23-18-30-25-9-3-2-8-22(25)19-34-33(30)35-20-23/h2-20H,1H3. The van der Waals surface area contributed by atoms with E-state index >= 15 is 0 Å². The lowest BCUT2D eigenvalue weighted by atomic mass is 9.86. The molecule has 0 unspecified atom stereocenters. The summed E-state index contributed by atoms with van der Waals surface area (Å²) in [5.41, 5.74) is 5.45. The van der Waals surface area contributed by atoms with Gasteiger partial charge in [0.15, 0.2) is 5.65 Å². The fourth-order valence-corrected chi connectivity index (χ4v) is 5.39. The van der Waals surface area contributed by atoms with Crippen LogP contribution in [0.1, 0.15) is 0 Å². The number of benzene rings is 5. The highest BCUT2D eigenvalue weighted by Gasteiger charge is 2.17. The van der Waals surface area contributed by atoms with Gasteiger partial charge in [-0.05, 0) is 61.8 Å². The Morgan fingerprint density at radius 1 is 0.500 bits per heavy atom. The maximum absolute atomic E-state index is 5.41. The van der Waals surface area contributed by atoms with Crippen LogP contribution >= 0.6 is 0 Å². The third kappa shape index (κ3) is 3.14. The number of ether oxygens (including phenoxy) is 1. The van der Waals surface area contributed by atoms with Crippen molar-refractivity contribution in [2.75, 3.05) is 7.11 Å². The molecule has 3 heteroatoms. The van der Waals surface area contributed by atoms with Gasteiger partial charge in [0.1, 0.15) is 5.75 Å². The quantitative estimate of drug-likeness (QED) is 0.195. The second-order valence-corrected chi connectivity index (χ2v) is 9.01. The number of aromatic nitrogens is 2. The van der Waals surface area contributed by atoms with Crippen molar-refractivity contribution in [2.24, 2.45) is 0 Å². The molecular formula is C33H22N2O. The molecule has 36 heavy (non-hydrogen) atoms. The summed E-state index contributed by atoms with van der Waals surface area (Å²) in [6.45, 7) is 0. The Bertz CT molecular complexity index is 1870. The third-order valence-corrected chi connectivity index (χ3v) is 7.04. The first-order valence-electron chi connectivity index (χ1n) is 12.0. The largest absolute Gasteiger partial charge is 0.497 e. The van der Waals surface area contributed by atoms with Crippen LogP contribution in [0.25, 0.3) is 65.6 Å². The number of nitrogens with zero attached hydrogens (tertiary/aromatic N) is 2. The summed E-state index contributed by atoms with van der Waals surface area (Å²) < 4.78 is 5.41. The number of pyridine rings is 2. The van der Waals surface area contributed by atoms with Gasteiger partial charge in [-0.1, -0.05) is 84.9 Å². The molecule has 0 fully saturated rings. The smallest absolute Gasteiger partial charge is 0.159 e. The van der Waals surface area contributed by atoms with Crippen LogP contribution in [0.4, 0.5) is 0 Å². The summed E-state index contributed by atoms with van der Waals surface area (Å²) in [6.07, 6.45) is 3.87. The van der Waals surface area contributed by atoms with E-state index in [4.69, 9.17) is 9.72 Å². The van der Waals surface area contributed by atoms with Crippen molar-refractivity contribution < 1.29 is 4.74 Å². The van der Waals surface area contributed by atoms with Crippen molar-refractivity contribution in [1.29, 1.82) is 0 Å². The fourth-order valence-electron chi connectivity index (χ4n) is 5.39. The summed E-state index contributed by atoms with van der Waals surface area (Å²) in [7, 11) is 1.70. The van der Waals surface area contributed by atoms with Crippen molar-refractivity contribution in [2.45, 2.75) is 0 Å². The lowest BCUT2D eigenvalue weighted by molar-refractivity contribution is 0.415. The molecule has 7 rings (SSSR count). The SMILES string of the molecule is COc1ccc(-c2c3ccccc3c(-c3cnc4ncc5ccccc5c4c3)c3ccccc23)cc1. The Morgan fingerprint density at radius 2 is 1.03 bits per heavy atom. The number of hydrogen-bond acceptors (Lipinski definition) is 3. The van der Waals surface area contributed by atoms with Crippen molar-refractivity contribution in [1.82, 2.24) is 9.97 Å². The van der Waals surface area contributed by atoms with Crippen LogP contribution in [0.2, 0.25) is 0 Å². The predicted molar refractivity (Wildman–Crippen MR) is 149 cm³/mol. The molecule has 0 radical (unpaired) electrons. The third-order valence-electron chi connectivity index (χ3n) is 7.04. The molecule has 0 saturated carbocycles. The molecule has 0 bridgehead atoms. The molecule has 5 aromatic carbocycles. The highest BCUT2D eigenvalue weighted by atomic mass is 16.5. The summed E-state index contributed by atoms with van der Waals surface area (Å²) in [5.74, 6) is 0.854. The summed E-state index contributed by atoms with van der Waals surface area (Å²) in [4.78, 5) is 9.41. The first kappa shape index (κ1) is 20.6. The van der Waals surface area contributed by atoms with Gasteiger partial charge in [-0.3, -0.25) is 0 Å². The molecule has 0 atom stereocenters. The van der Waals surface area contributed by atoms with Gasteiger partial charge in [0.2, 0.25) is 0 Å². The second-order valence-electron chi connectivity index (χ2n) is 9.01. The van der Waals surface area contributed by atoms with E-state index in [1.807, 2.05) is 30.6 Å². The summed E-state index contributed by atoms with van der Waals surface area (Å²) in [5, 5.41) is 8.19. The molecule has 2 heterocycles. The van der Waals surface area contributed by atoms with Crippen molar-refractivity contribution >= 4 is 43.4 Å². The molecule has 0 spiro atoms. The van der Waals surface area contributed by atoms with Crippen molar-refractivity contribution in [3.8, 4) is 28.0 Å². The minimum Gasteiger partial charge on any atom is -0.497 e. The van der Waals surface area contributed by atoms with E-state index in [0.29, 0.717) is 0 Å². The zero-order valence-corrected chi connectivity index (χ0v) is 19.8. The van der Waals surface area contributed by atoms with Crippen molar-refractivity contribution in [3.63, 3.8) is 0 Å². The molecule has 0 amide bonds. The Balaban J connectivity index is 1.59. The van der Waals surface area contributed by atoms with Gasteiger partial charge in [0.25, 0.3) is 0 Å². The first-order chi connectivity index (χ1) is 17.8. The number of fused-ring (bicyclic) bond motifs is 5. The number of methoxy groups -OCH3 is 1. The topological polar surface area (TPSA) is 35.0 Å². The van der Waals surface area contributed by atoms with E-state index in [-0.39, 0.29) is 0 Å². The van der Waals surface area contributed by atoms with Crippen LogP contribution in [-0.2, 0) is 0 Å². The molecule has 0 N–H and O–H groups in total. The van der Waals surface area contributed by atoms with Crippen LogP contribution in [-0.4, -0.2) is 17.1 Å². The van der Waals surface area contributed by atoms with Gasteiger partial charge in [-0.2, -0.15) is 0 Å². The van der Waals surface area contributed by atoms with Gasteiger partial charge in [0, 0.05) is 28.7 Å². The van der Waals surface area contributed by atoms with Gasteiger partial charge >= 0.3 is 0 Å². The summed E-state index contributed by atoms with van der Waals surface area (Å²) >= 11 is 0. The van der Waals surface area contributed by atoms with Gasteiger partial charge in [-0.25, -0.2) is 9.97 Å². The van der Waals surface area contributed by atoms with E-state index in [2.05, 4.69) is 89.9 Å². The normalized spacial score (nSPS) is 11.5. The molecule has 3 nitrogen and oxygen atoms in total. The Hall–Kier alpha value is -4.76. The minimum absolute atomic E-state index is 0.765. The van der Waals surface area contributed by atoms with Gasteiger partial charge in [-0.15, -0.1) is 0 Å². The molecular weight excluding hydrogens is 440 g/mol. The van der Waals surface area contributed by atoms with E-state index in [9.17, 15) is 0 Å². The molecule has 0 aliphatic carbocycles. The van der Waals surface area contributed by atoms with Crippen molar-refractivity contribution in [3.05, 3.63) is 116 Å². The fraction of sp³-hybridized carbons (Fsp3) is 0.0303. The van der Waals surface area contributed by atoms with E-state index in [0.717, 1.165) is 27.7 Å². The highest BCUT2D eigenvalue weighted by Crippen LogP contribution is 2.44. The average Bonchev–Trinajstić information content (AvgIpc) is 2.95. The Kier molecular flexibility index (Phi) is 4.68. The lowest BCUT2D eigenvalue weighted by Gasteiger charge is -2.18. The van der Waals surface area contributed by atoms with Gasteiger partial charge < -0.3 is 4.74 Å². The molecule has 0 saturated heterocycles. The highest BCUT2D eigenvalue weighted by molar-refractivity contribution is 6.22. The second kappa shape index (κ2) is 8.17. The zero-order valence-electron chi connectivity index (χ0n) is 19.8. The van der Waals surface area contributed by atoms with Gasteiger partial charge in [0.05, 0.1) is 7.11 Å². The number of hydrogen-bond donors (Lipinski definition) is 0. The van der Waals surface area contributed by atoms with Crippen LogP contribution in [0.15, 0.2) is 116 Å². The minimum atomic E-state index is 0.765. The first-order valence-corrected chi connectivity index (χ1v) is 12.0. The van der Waals surface area contributed by atoms with Crippen LogP contribution in [0.3, 0.4) is 0 Å². The molecule has 7 aromatic rings.